The van der Waals surface area contributed by atoms with Crippen molar-refractivity contribution in [2.75, 3.05) is 5.32 Å². The molecule has 0 radical (unpaired) electrons. The summed E-state index contributed by atoms with van der Waals surface area (Å²) in [6, 6.07) is 1.40. The Balaban J connectivity index is 1.91. The summed E-state index contributed by atoms with van der Waals surface area (Å²) in [6.07, 6.45) is -3.66. The summed E-state index contributed by atoms with van der Waals surface area (Å²) in [6.45, 7) is 2.52. The number of carbonyl (C=O) groups excluding carboxylic acids is 3. The van der Waals surface area contributed by atoms with Crippen molar-refractivity contribution < 1.29 is 31.9 Å². The number of hydrogen-bond acceptors (Lipinski definition) is 3. The number of anilines is 1. The molecule has 0 saturated carbocycles. The maximum absolute atomic E-state index is 13.3. The molecular formula is C20H18ClF4N3O3. The van der Waals surface area contributed by atoms with Crippen LogP contribution in [0, 0.1) is 12.7 Å². The zero-order valence-electron chi connectivity index (χ0n) is 16.5. The van der Waals surface area contributed by atoms with E-state index in [2.05, 4.69) is 5.32 Å². The van der Waals surface area contributed by atoms with Gasteiger partial charge in [-0.05, 0) is 50.5 Å². The molecule has 0 bridgehead atoms. The first-order valence-electron chi connectivity index (χ1n) is 9.32. The SMILES string of the molecule is Cc1c(C(=O)Nc2ccc(F)c(Cl)c2)c2n(c1C(=O)C(=O)N[C@@H](C)C(F)(F)F)CCC2. The van der Waals surface area contributed by atoms with Gasteiger partial charge in [-0.2, -0.15) is 13.2 Å². The van der Waals surface area contributed by atoms with E-state index in [1.807, 2.05) is 0 Å². The van der Waals surface area contributed by atoms with Crippen molar-refractivity contribution in [3.63, 3.8) is 0 Å². The minimum absolute atomic E-state index is 0.123. The first-order chi connectivity index (χ1) is 14.4. The van der Waals surface area contributed by atoms with Crippen LogP contribution in [0.3, 0.4) is 0 Å². The molecule has 2 aromatic rings. The molecule has 0 aliphatic carbocycles. The standard InChI is InChI=1S/C20H18ClF4N3O3/c1-9-15(18(30)27-11-5-6-13(22)12(21)8-11)14-4-3-7-28(14)16(9)17(29)19(31)26-10(2)20(23,24)25/h5-6,8,10H,3-4,7H2,1-2H3,(H,26,31)(H,27,30)/t10-/m0/s1. The van der Waals surface area contributed by atoms with Gasteiger partial charge in [0, 0.05) is 17.9 Å². The second-order valence-corrected chi connectivity index (χ2v) is 7.61. The number of nitrogens with one attached hydrogen (secondary N) is 2. The lowest BCUT2D eigenvalue weighted by molar-refractivity contribution is -0.156. The van der Waals surface area contributed by atoms with Crippen molar-refractivity contribution in [1.82, 2.24) is 9.88 Å². The van der Waals surface area contributed by atoms with Gasteiger partial charge < -0.3 is 15.2 Å². The van der Waals surface area contributed by atoms with Crippen LogP contribution in [-0.4, -0.2) is 34.4 Å². The highest BCUT2D eigenvalue weighted by molar-refractivity contribution is 6.43. The number of rotatable bonds is 5. The molecule has 1 aromatic carbocycles. The van der Waals surface area contributed by atoms with Crippen LogP contribution in [-0.2, 0) is 17.8 Å². The number of alkyl halides is 3. The van der Waals surface area contributed by atoms with Crippen LogP contribution < -0.4 is 10.6 Å². The summed E-state index contributed by atoms with van der Waals surface area (Å²) in [5, 5.41) is 4.02. The lowest BCUT2D eigenvalue weighted by Gasteiger charge is -2.17. The Morgan fingerprint density at radius 2 is 1.90 bits per heavy atom. The Hall–Kier alpha value is -2.88. The molecule has 31 heavy (non-hydrogen) atoms. The fourth-order valence-electron chi connectivity index (χ4n) is 3.53. The van der Waals surface area contributed by atoms with Gasteiger partial charge in [-0.1, -0.05) is 11.6 Å². The quantitative estimate of drug-likeness (QED) is 0.402. The first kappa shape index (κ1) is 22.8. The number of carbonyl (C=O) groups is 3. The molecule has 1 aliphatic heterocycles. The highest BCUT2D eigenvalue weighted by Crippen LogP contribution is 2.31. The fourth-order valence-corrected chi connectivity index (χ4v) is 3.71. The molecule has 6 nitrogen and oxygen atoms in total. The Kier molecular flexibility index (Phi) is 6.13. The number of nitrogens with zero attached hydrogens (tertiary/aromatic N) is 1. The van der Waals surface area contributed by atoms with E-state index >= 15 is 0 Å². The van der Waals surface area contributed by atoms with Crippen molar-refractivity contribution in [2.45, 2.75) is 45.5 Å². The zero-order chi connectivity index (χ0) is 23.1. The van der Waals surface area contributed by atoms with E-state index < -0.39 is 35.6 Å². The number of aromatic nitrogens is 1. The van der Waals surface area contributed by atoms with Crippen LogP contribution in [0.25, 0.3) is 0 Å². The molecule has 0 unspecified atom stereocenters. The lowest BCUT2D eigenvalue weighted by atomic mass is 10.0. The lowest BCUT2D eigenvalue weighted by Crippen LogP contribution is -2.46. The Morgan fingerprint density at radius 3 is 2.52 bits per heavy atom. The highest BCUT2D eigenvalue weighted by Gasteiger charge is 2.39. The van der Waals surface area contributed by atoms with Gasteiger partial charge >= 0.3 is 6.18 Å². The minimum Gasteiger partial charge on any atom is -0.341 e. The van der Waals surface area contributed by atoms with Gasteiger partial charge in [0.1, 0.15) is 11.9 Å². The monoisotopic (exact) mass is 459 g/mol. The van der Waals surface area contributed by atoms with Crippen LogP contribution in [0.1, 0.15) is 45.4 Å². The van der Waals surface area contributed by atoms with E-state index in [4.69, 9.17) is 11.6 Å². The van der Waals surface area contributed by atoms with Crippen molar-refractivity contribution in [2.24, 2.45) is 0 Å². The van der Waals surface area contributed by atoms with Crippen LogP contribution in [0.4, 0.5) is 23.2 Å². The summed E-state index contributed by atoms with van der Waals surface area (Å²) in [5.41, 5.74) is 0.932. The molecule has 2 N–H and O–H groups in total. The molecule has 1 aromatic heterocycles. The highest BCUT2D eigenvalue weighted by atomic mass is 35.5. The first-order valence-corrected chi connectivity index (χ1v) is 9.69. The third-order valence-corrected chi connectivity index (χ3v) is 5.36. The van der Waals surface area contributed by atoms with E-state index in [1.165, 1.54) is 23.6 Å². The van der Waals surface area contributed by atoms with Crippen molar-refractivity contribution in [3.05, 3.63) is 51.6 Å². The number of halogens is 5. The number of Topliss-reactive ketones (excluding diaryl/α,β-unsaturated/α-hetero) is 1. The summed E-state index contributed by atoms with van der Waals surface area (Å²) in [5.74, 6) is -3.82. The molecule has 166 valence electrons. The zero-order valence-corrected chi connectivity index (χ0v) is 17.2. The van der Waals surface area contributed by atoms with Gasteiger partial charge in [0.15, 0.2) is 0 Å². The summed E-state index contributed by atoms with van der Waals surface area (Å²) in [4.78, 5) is 37.7. The number of hydrogen-bond donors (Lipinski definition) is 2. The van der Waals surface area contributed by atoms with Gasteiger partial charge in [0.05, 0.1) is 16.3 Å². The van der Waals surface area contributed by atoms with Gasteiger partial charge in [-0.15, -0.1) is 0 Å². The molecule has 2 heterocycles. The number of benzene rings is 1. The molecule has 2 amide bonds. The van der Waals surface area contributed by atoms with Gasteiger partial charge in [-0.3, -0.25) is 14.4 Å². The Bertz CT molecular complexity index is 1080. The number of amides is 2. The topological polar surface area (TPSA) is 80.2 Å². The average molecular weight is 460 g/mol. The van der Waals surface area contributed by atoms with Crippen LogP contribution >= 0.6 is 11.6 Å². The van der Waals surface area contributed by atoms with Crippen LogP contribution in [0.5, 0.6) is 0 Å². The molecule has 3 rings (SSSR count). The Morgan fingerprint density at radius 1 is 1.23 bits per heavy atom. The van der Waals surface area contributed by atoms with Crippen molar-refractivity contribution in [3.8, 4) is 0 Å². The smallest absolute Gasteiger partial charge is 0.341 e. The second-order valence-electron chi connectivity index (χ2n) is 7.20. The molecule has 0 fully saturated rings. The summed E-state index contributed by atoms with van der Waals surface area (Å²) in [7, 11) is 0. The second kappa shape index (κ2) is 8.33. The van der Waals surface area contributed by atoms with E-state index in [0.717, 1.165) is 13.0 Å². The van der Waals surface area contributed by atoms with Crippen molar-refractivity contribution in [1.29, 1.82) is 0 Å². The number of ketones is 1. The maximum atomic E-state index is 13.3. The predicted octanol–water partition coefficient (Wildman–Crippen LogP) is 4.04. The fraction of sp³-hybridized carbons (Fsp3) is 0.350. The summed E-state index contributed by atoms with van der Waals surface area (Å²) < 4.78 is 53.0. The van der Waals surface area contributed by atoms with Gasteiger partial charge in [0.25, 0.3) is 17.6 Å². The molecule has 0 spiro atoms. The molecular weight excluding hydrogens is 442 g/mol. The third kappa shape index (κ3) is 4.43. The van der Waals surface area contributed by atoms with Crippen molar-refractivity contribution >= 4 is 34.9 Å². The maximum Gasteiger partial charge on any atom is 0.408 e. The van der Waals surface area contributed by atoms with Crippen LogP contribution in [0.15, 0.2) is 18.2 Å². The predicted molar refractivity (Wildman–Crippen MR) is 105 cm³/mol. The van der Waals surface area contributed by atoms with Gasteiger partial charge in [0.2, 0.25) is 0 Å². The normalized spacial score (nSPS) is 14.2. The average Bonchev–Trinajstić information content (AvgIpc) is 3.22. The van der Waals surface area contributed by atoms with Gasteiger partial charge in [-0.25, -0.2) is 4.39 Å². The Labute approximate surface area is 179 Å². The van der Waals surface area contributed by atoms with E-state index in [-0.39, 0.29) is 27.5 Å². The molecule has 1 atom stereocenters. The summed E-state index contributed by atoms with van der Waals surface area (Å²) >= 11 is 5.72. The number of fused-ring (bicyclic) bond motifs is 1. The third-order valence-electron chi connectivity index (χ3n) is 5.07. The van der Waals surface area contributed by atoms with E-state index in [9.17, 15) is 31.9 Å². The van der Waals surface area contributed by atoms with E-state index in [0.29, 0.717) is 25.1 Å². The molecule has 1 aliphatic rings. The van der Waals surface area contributed by atoms with E-state index in [1.54, 1.807) is 5.32 Å². The molecule has 0 saturated heterocycles. The van der Waals surface area contributed by atoms with Crippen LogP contribution in [0.2, 0.25) is 5.02 Å². The molecule has 11 heteroatoms. The minimum atomic E-state index is -4.70. The largest absolute Gasteiger partial charge is 0.408 e.